The molecule has 0 atom stereocenters. The first-order chi connectivity index (χ1) is 12.1. The number of halogens is 2. The molecule has 1 aromatic heterocycles. The fraction of sp³-hybridized carbons (Fsp3) is 0.0526. The molecule has 0 unspecified atom stereocenters. The largest absolute Gasteiger partial charge is 0.366 e. The number of carbonyl (C=O) groups excluding carboxylic acids is 1. The summed E-state index contributed by atoms with van der Waals surface area (Å²) < 4.78 is 0. The standard InChI is InChI=1S/C19H15Cl2N3O/c20-15-7-4-8-16(18(15)21)24-19(25)14-9-10-17(23-12-14)22-11-13-5-2-1-3-6-13/h1-10,12H,11H2,(H,22,23)(H,24,25). The zero-order chi connectivity index (χ0) is 17.6. The maximum atomic E-state index is 12.3. The molecule has 2 N–H and O–H groups in total. The zero-order valence-electron chi connectivity index (χ0n) is 13.2. The second-order valence-corrected chi connectivity index (χ2v) is 6.11. The minimum absolute atomic E-state index is 0.300. The highest BCUT2D eigenvalue weighted by Gasteiger charge is 2.10. The van der Waals surface area contributed by atoms with Crippen molar-refractivity contribution < 1.29 is 4.79 Å². The van der Waals surface area contributed by atoms with Crippen molar-refractivity contribution in [1.29, 1.82) is 0 Å². The van der Waals surface area contributed by atoms with Gasteiger partial charge in [0.25, 0.3) is 5.91 Å². The van der Waals surface area contributed by atoms with E-state index in [2.05, 4.69) is 15.6 Å². The molecular weight excluding hydrogens is 357 g/mol. The number of nitrogens with zero attached hydrogens (tertiary/aromatic N) is 1. The van der Waals surface area contributed by atoms with Gasteiger partial charge in [-0.3, -0.25) is 4.79 Å². The van der Waals surface area contributed by atoms with Crippen LogP contribution in [0.3, 0.4) is 0 Å². The Bertz CT molecular complexity index is 868. The number of aromatic nitrogens is 1. The summed E-state index contributed by atoms with van der Waals surface area (Å²) in [4.78, 5) is 16.6. The molecule has 3 rings (SSSR count). The Morgan fingerprint density at radius 1 is 0.960 bits per heavy atom. The van der Waals surface area contributed by atoms with E-state index in [1.807, 2.05) is 30.3 Å². The Morgan fingerprint density at radius 3 is 2.48 bits per heavy atom. The maximum Gasteiger partial charge on any atom is 0.257 e. The predicted molar refractivity (Wildman–Crippen MR) is 102 cm³/mol. The van der Waals surface area contributed by atoms with E-state index in [0.29, 0.717) is 33.7 Å². The van der Waals surface area contributed by atoms with Crippen molar-refractivity contribution in [2.45, 2.75) is 6.54 Å². The first-order valence-electron chi connectivity index (χ1n) is 7.63. The molecule has 0 bridgehead atoms. The number of nitrogens with one attached hydrogen (secondary N) is 2. The van der Waals surface area contributed by atoms with Crippen LogP contribution in [0.1, 0.15) is 15.9 Å². The Kier molecular flexibility index (Phi) is 5.53. The third-order valence-corrected chi connectivity index (χ3v) is 4.36. The van der Waals surface area contributed by atoms with E-state index < -0.39 is 0 Å². The molecule has 0 aliphatic heterocycles. The number of pyridine rings is 1. The van der Waals surface area contributed by atoms with Gasteiger partial charge in [-0.1, -0.05) is 59.6 Å². The smallest absolute Gasteiger partial charge is 0.257 e. The Balaban J connectivity index is 1.63. The van der Waals surface area contributed by atoms with Crippen molar-refractivity contribution >= 4 is 40.6 Å². The molecule has 2 aromatic carbocycles. The van der Waals surface area contributed by atoms with Crippen molar-refractivity contribution in [2.75, 3.05) is 10.6 Å². The molecule has 3 aromatic rings. The molecule has 0 spiro atoms. The average molecular weight is 372 g/mol. The van der Waals surface area contributed by atoms with Gasteiger partial charge in [0.05, 0.1) is 21.3 Å². The van der Waals surface area contributed by atoms with Crippen LogP contribution in [0.4, 0.5) is 11.5 Å². The van der Waals surface area contributed by atoms with Crippen LogP contribution in [0.2, 0.25) is 10.0 Å². The second kappa shape index (κ2) is 8.01. The summed E-state index contributed by atoms with van der Waals surface area (Å²) in [6.45, 7) is 0.664. The van der Waals surface area contributed by atoms with Gasteiger partial charge in [0, 0.05) is 12.7 Å². The first-order valence-corrected chi connectivity index (χ1v) is 8.38. The Labute approximate surface area is 155 Å². The minimum atomic E-state index is -0.300. The number of hydrogen-bond donors (Lipinski definition) is 2. The second-order valence-electron chi connectivity index (χ2n) is 5.33. The van der Waals surface area contributed by atoms with Crippen LogP contribution < -0.4 is 10.6 Å². The van der Waals surface area contributed by atoms with E-state index in [1.54, 1.807) is 30.3 Å². The lowest BCUT2D eigenvalue weighted by atomic mass is 10.2. The molecule has 1 amide bonds. The molecule has 0 saturated heterocycles. The van der Waals surface area contributed by atoms with Gasteiger partial charge in [0.1, 0.15) is 5.82 Å². The summed E-state index contributed by atoms with van der Waals surface area (Å²) in [5.74, 6) is 0.396. The molecule has 6 heteroatoms. The van der Waals surface area contributed by atoms with Crippen molar-refractivity contribution in [2.24, 2.45) is 0 Å². The lowest BCUT2D eigenvalue weighted by molar-refractivity contribution is 0.102. The number of amides is 1. The topological polar surface area (TPSA) is 54.0 Å². The molecular formula is C19H15Cl2N3O. The van der Waals surface area contributed by atoms with E-state index in [1.165, 1.54) is 6.20 Å². The molecule has 0 aliphatic rings. The fourth-order valence-electron chi connectivity index (χ4n) is 2.22. The van der Waals surface area contributed by atoms with Crippen molar-refractivity contribution in [3.05, 3.63) is 88.0 Å². The molecule has 25 heavy (non-hydrogen) atoms. The lowest BCUT2D eigenvalue weighted by Gasteiger charge is -2.09. The third kappa shape index (κ3) is 4.50. The van der Waals surface area contributed by atoms with E-state index in [-0.39, 0.29) is 5.91 Å². The van der Waals surface area contributed by atoms with Crippen LogP contribution in [0.15, 0.2) is 66.9 Å². The van der Waals surface area contributed by atoms with E-state index in [4.69, 9.17) is 23.2 Å². The Hall–Kier alpha value is -2.56. The monoisotopic (exact) mass is 371 g/mol. The van der Waals surface area contributed by atoms with E-state index in [0.717, 1.165) is 5.56 Å². The van der Waals surface area contributed by atoms with Crippen LogP contribution in [0.25, 0.3) is 0 Å². The summed E-state index contributed by atoms with van der Waals surface area (Å²) >= 11 is 12.0. The quantitative estimate of drug-likeness (QED) is 0.643. The SMILES string of the molecule is O=C(Nc1cccc(Cl)c1Cl)c1ccc(NCc2ccccc2)nc1. The summed E-state index contributed by atoms with van der Waals surface area (Å²) in [5.41, 5.74) is 2.05. The molecule has 126 valence electrons. The van der Waals surface area contributed by atoms with Crippen LogP contribution >= 0.6 is 23.2 Å². The molecule has 0 radical (unpaired) electrons. The van der Waals surface area contributed by atoms with Crippen molar-refractivity contribution in [1.82, 2.24) is 4.98 Å². The fourth-order valence-corrected chi connectivity index (χ4v) is 2.56. The highest BCUT2D eigenvalue weighted by Crippen LogP contribution is 2.29. The van der Waals surface area contributed by atoms with Gasteiger partial charge < -0.3 is 10.6 Å². The van der Waals surface area contributed by atoms with Crippen molar-refractivity contribution in [3.63, 3.8) is 0 Å². The van der Waals surface area contributed by atoms with Crippen molar-refractivity contribution in [3.8, 4) is 0 Å². The van der Waals surface area contributed by atoms with E-state index in [9.17, 15) is 4.79 Å². The number of rotatable bonds is 5. The van der Waals surface area contributed by atoms with E-state index >= 15 is 0 Å². The van der Waals surface area contributed by atoms with Gasteiger partial charge in [0.2, 0.25) is 0 Å². The molecule has 1 heterocycles. The van der Waals surface area contributed by atoms with Gasteiger partial charge >= 0.3 is 0 Å². The third-order valence-electron chi connectivity index (χ3n) is 3.54. The summed E-state index contributed by atoms with van der Waals surface area (Å²) in [7, 11) is 0. The maximum absolute atomic E-state index is 12.3. The highest BCUT2D eigenvalue weighted by molar-refractivity contribution is 6.44. The molecule has 0 aliphatic carbocycles. The zero-order valence-corrected chi connectivity index (χ0v) is 14.7. The van der Waals surface area contributed by atoms with Gasteiger partial charge in [-0.15, -0.1) is 0 Å². The number of anilines is 2. The van der Waals surface area contributed by atoms with Crippen LogP contribution in [0.5, 0.6) is 0 Å². The molecule has 0 saturated carbocycles. The summed E-state index contributed by atoms with van der Waals surface area (Å²) in [6, 6.07) is 18.5. The number of benzene rings is 2. The van der Waals surface area contributed by atoms with Crippen LogP contribution in [-0.4, -0.2) is 10.9 Å². The normalized spacial score (nSPS) is 10.3. The predicted octanol–water partition coefficient (Wildman–Crippen LogP) is 5.25. The summed E-state index contributed by atoms with van der Waals surface area (Å²) in [6.07, 6.45) is 1.51. The minimum Gasteiger partial charge on any atom is -0.366 e. The first kappa shape index (κ1) is 17.3. The summed E-state index contributed by atoms with van der Waals surface area (Å²) in [5, 5.41) is 6.64. The van der Waals surface area contributed by atoms with Gasteiger partial charge in [0.15, 0.2) is 0 Å². The van der Waals surface area contributed by atoms with Gasteiger partial charge in [-0.05, 0) is 29.8 Å². The van der Waals surface area contributed by atoms with Crippen LogP contribution in [0, 0.1) is 0 Å². The highest BCUT2D eigenvalue weighted by atomic mass is 35.5. The number of hydrogen-bond acceptors (Lipinski definition) is 3. The molecule has 4 nitrogen and oxygen atoms in total. The average Bonchev–Trinajstić information content (AvgIpc) is 2.65. The van der Waals surface area contributed by atoms with Gasteiger partial charge in [-0.2, -0.15) is 0 Å². The van der Waals surface area contributed by atoms with Gasteiger partial charge in [-0.25, -0.2) is 4.98 Å². The molecule has 0 fully saturated rings. The lowest BCUT2D eigenvalue weighted by Crippen LogP contribution is -2.13. The number of carbonyl (C=O) groups is 1. The van der Waals surface area contributed by atoms with Crippen LogP contribution in [-0.2, 0) is 6.54 Å². The Morgan fingerprint density at radius 2 is 1.76 bits per heavy atom.